The zero-order chi connectivity index (χ0) is 25.2. The van der Waals surface area contributed by atoms with E-state index in [-0.39, 0.29) is 24.2 Å². The topological polar surface area (TPSA) is 114 Å². The van der Waals surface area contributed by atoms with Gasteiger partial charge in [-0.1, -0.05) is 38.1 Å². The summed E-state index contributed by atoms with van der Waals surface area (Å²) in [5, 5.41) is 13.9. The Morgan fingerprint density at radius 3 is 2.34 bits per heavy atom. The van der Waals surface area contributed by atoms with Gasteiger partial charge in [0.15, 0.2) is 0 Å². The summed E-state index contributed by atoms with van der Waals surface area (Å²) in [6, 6.07) is 14.5. The van der Waals surface area contributed by atoms with E-state index >= 15 is 0 Å². The van der Waals surface area contributed by atoms with Gasteiger partial charge in [-0.2, -0.15) is 13.6 Å². The molecule has 0 aliphatic carbocycles. The predicted octanol–water partition coefficient (Wildman–Crippen LogP) is 4.82. The highest BCUT2D eigenvalue weighted by atomic mass is 32.2. The monoisotopic (exact) mass is 495 g/mol. The quantitative estimate of drug-likeness (QED) is 0.354. The number of sulfonamides is 1. The number of nitrogens with one attached hydrogen (secondary N) is 1. The molecule has 0 unspecified atom stereocenters. The van der Waals surface area contributed by atoms with Crippen molar-refractivity contribution in [2.75, 3.05) is 10.8 Å². The van der Waals surface area contributed by atoms with Crippen molar-refractivity contribution >= 4 is 15.7 Å². The van der Waals surface area contributed by atoms with Crippen LogP contribution in [0.3, 0.4) is 0 Å². The van der Waals surface area contributed by atoms with Crippen LogP contribution in [-0.4, -0.2) is 35.6 Å². The second-order valence-corrected chi connectivity index (χ2v) is 10.7. The molecular formula is C25H29N5O4S. The first-order valence-electron chi connectivity index (χ1n) is 11.3. The van der Waals surface area contributed by atoms with E-state index in [9.17, 15) is 8.42 Å². The second kappa shape index (κ2) is 9.91. The van der Waals surface area contributed by atoms with Crippen LogP contribution >= 0.6 is 0 Å². The van der Waals surface area contributed by atoms with E-state index in [1.165, 1.54) is 10.4 Å². The largest absolute Gasteiger partial charge is 0.487 e. The minimum Gasteiger partial charge on any atom is -0.487 e. The Morgan fingerprint density at radius 1 is 1.03 bits per heavy atom. The lowest BCUT2D eigenvalue weighted by molar-refractivity contribution is 0.306. The van der Waals surface area contributed by atoms with Gasteiger partial charge in [0.2, 0.25) is 10.9 Å². The Hall–Kier alpha value is -3.66. The molecule has 0 atom stereocenters. The van der Waals surface area contributed by atoms with E-state index in [4.69, 9.17) is 9.15 Å². The Labute approximate surface area is 205 Å². The zero-order valence-electron chi connectivity index (χ0n) is 20.4. The minimum atomic E-state index is -3.93. The maximum Gasteiger partial charge on any atom is 0.297 e. The number of ether oxygens (including phenoxy) is 1. The molecule has 4 aromatic rings. The van der Waals surface area contributed by atoms with E-state index in [1.54, 1.807) is 13.0 Å². The number of tetrazole rings is 1. The predicted molar refractivity (Wildman–Crippen MR) is 133 cm³/mol. The number of hydrogen-bond donors (Lipinski definition) is 1. The van der Waals surface area contributed by atoms with Crippen LogP contribution in [0.15, 0.2) is 58.0 Å². The van der Waals surface area contributed by atoms with Gasteiger partial charge >= 0.3 is 0 Å². The zero-order valence-corrected chi connectivity index (χ0v) is 21.3. The molecule has 0 amide bonds. The molecule has 0 spiro atoms. The second-order valence-electron chi connectivity index (χ2n) is 8.92. The fourth-order valence-corrected chi connectivity index (χ4v) is 5.19. The highest BCUT2D eigenvalue weighted by Crippen LogP contribution is 2.36. The van der Waals surface area contributed by atoms with Gasteiger partial charge in [-0.3, -0.25) is 4.31 Å². The number of benzene rings is 2. The molecule has 0 aliphatic rings. The number of nitrogens with zero attached hydrogens (tertiary/aromatic N) is 4. The van der Waals surface area contributed by atoms with Crippen LogP contribution in [0, 0.1) is 26.7 Å². The molecule has 4 rings (SSSR count). The van der Waals surface area contributed by atoms with Gasteiger partial charge < -0.3 is 9.15 Å². The summed E-state index contributed by atoms with van der Waals surface area (Å²) in [5.74, 6) is 1.61. The van der Waals surface area contributed by atoms with Crippen LogP contribution in [0.25, 0.3) is 11.4 Å². The maximum atomic E-state index is 13.6. The van der Waals surface area contributed by atoms with E-state index in [1.807, 2.05) is 64.1 Å². The highest BCUT2D eigenvalue weighted by Gasteiger charge is 2.31. The summed E-state index contributed by atoms with van der Waals surface area (Å²) in [5.41, 5.74) is 4.21. The minimum absolute atomic E-state index is 0.0768. The van der Waals surface area contributed by atoms with E-state index in [2.05, 4.69) is 20.6 Å². The fourth-order valence-electron chi connectivity index (χ4n) is 3.60. The number of furan rings is 1. The maximum absolute atomic E-state index is 13.6. The lowest BCUT2D eigenvalue weighted by Crippen LogP contribution is -2.34. The molecular weight excluding hydrogens is 466 g/mol. The van der Waals surface area contributed by atoms with Crippen LogP contribution in [0.1, 0.15) is 36.3 Å². The third-order valence-corrected chi connectivity index (χ3v) is 7.24. The molecule has 2 aromatic heterocycles. The van der Waals surface area contributed by atoms with Gasteiger partial charge in [-0.15, -0.1) is 10.2 Å². The molecule has 184 valence electrons. The number of aromatic nitrogens is 4. The van der Waals surface area contributed by atoms with Crippen molar-refractivity contribution in [3.05, 3.63) is 71.0 Å². The van der Waals surface area contributed by atoms with Gasteiger partial charge in [0.25, 0.3) is 10.0 Å². The number of aryl methyl sites for hydroxylation is 3. The van der Waals surface area contributed by atoms with Crippen LogP contribution in [0.2, 0.25) is 0 Å². The van der Waals surface area contributed by atoms with Gasteiger partial charge in [0, 0.05) is 12.1 Å². The van der Waals surface area contributed by atoms with Crippen LogP contribution in [-0.2, 0) is 16.6 Å². The van der Waals surface area contributed by atoms with E-state index < -0.39 is 10.0 Å². The number of rotatable bonds is 9. The van der Waals surface area contributed by atoms with Crippen molar-refractivity contribution in [3.8, 4) is 17.1 Å². The van der Waals surface area contributed by atoms with Gasteiger partial charge in [-0.25, -0.2) is 0 Å². The Balaban J connectivity index is 1.67. The van der Waals surface area contributed by atoms with Crippen LogP contribution in [0.4, 0.5) is 5.69 Å². The third-order valence-electron chi connectivity index (χ3n) is 5.59. The molecule has 0 bridgehead atoms. The van der Waals surface area contributed by atoms with E-state index in [0.29, 0.717) is 23.0 Å². The Morgan fingerprint density at radius 2 is 1.74 bits per heavy atom. The molecule has 2 heterocycles. The number of anilines is 1. The molecule has 0 saturated carbocycles. The molecule has 0 radical (unpaired) electrons. The summed E-state index contributed by atoms with van der Waals surface area (Å²) >= 11 is 0. The van der Waals surface area contributed by atoms with Crippen molar-refractivity contribution < 1.29 is 17.6 Å². The third kappa shape index (κ3) is 5.37. The molecule has 9 nitrogen and oxygen atoms in total. The molecule has 35 heavy (non-hydrogen) atoms. The fraction of sp³-hybridized carbons (Fsp3) is 0.320. The van der Waals surface area contributed by atoms with E-state index in [0.717, 1.165) is 22.3 Å². The standard InChI is InChI=1S/C25H29N5O4S/c1-16(2)14-30(35(31,32)24-11-6-19(5)34-24)22-12-17(3)18(4)13-23(22)33-15-20-7-9-21(10-8-20)25-26-28-29-27-25/h6-13,16H,14-15H2,1-5H3,(H,26,27,28,29). The average molecular weight is 496 g/mol. The van der Waals surface area contributed by atoms with Crippen molar-refractivity contribution in [1.29, 1.82) is 0 Å². The summed E-state index contributed by atoms with van der Waals surface area (Å²) in [4.78, 5) is 0. The number of aromatic amines is 1. The lowest BCUT2D eigenvalue weighted by Gasteiger charge is -2.28. The smallest absolute Gasteiger partial charge is 0.297 e. The van der Waals surface area contributed by atoms with Crippen molar-refractivity contribution in [1.82, 2.24) is 20.6 Å². The molecule has 2 aromatic carbocycles. The first-order valence-corrected chi connectivity index (χ1v) is 12.7. The Kier molecular flexibility index (Phi) is 6.93. The first-order chi connectivity index (χ1) is 16.6. The Bertz CT molecular complexity index is 1390. The molecule has 0 aliphatic heterocycles. The summed E-state index contributed by atoms with van der Waals surface area (Å²) in [6.45, 7) is 10.1. The highest BCUT2D eigenvalue weighted by molar-refractivity contribution is 7.92. The van der Waals surface area contributed by atoms with Gasteiger partial charge in [0.1, 0.15) is 18.1 Å². The van der Waals surface area contributed by atoms with Crippen molar-refractivity contribution in [2.45, 2.75) is 46.3 Å². The number of H-pyrrole nitrogens is 1. The summed E-state index contributed by atoms with van der Waals surface area (Å²) < 4.78 is 40.3. The normalized spacial score (nSPS) is 11.7. The SMILES string of the molecule is Cc1ccc(S(=O)(=O)N(CC(C)C)c2cc(C)c(C)cc2OCc2ccc(-c3nn[nH]n3)cc2)o1. The lowest BCUT2D eigenvalue weighted by atomic mass is 10.1. The van der Waals surface area contributed by atoms with Crippen LogP contribution in [0.5, 0.6) is 5.75 Å². The van der Waals surface area contributed by atoms with Crippen molar-refractivity contribution in [2.24, 2.45) is 5.92 Å². The van der Waals surface area contributed by atoms with Gasteiger partial charge in [0.05, 0.1) is 5.69 Å². The van der Waals surface area contributed by atoms with Crippen LogP contribution < -0.4 is 9.04 Å². The first kappa shape index (κ1) is 24.5. The molecule has 0 saturated heterocycles. The van der Waals surface area contributed by atoms with Gasteiger partial charge in [-0.05, 0) is 72.9 Å². The number of hydrogen-bond acceptors (Lipinski definition) is 7. The molecule has 1 N–H and O–H groups in total. The average Bonchev–Trinajstić information content (AvgIpc) is 3.51. The summed E-state index contributed by atoms with van der Waals surface area (Å²) in [7, 11) is -3.93. The molecule has 0 fully saturated rings. The van der Waals surface area contributed by atoms with Crippen molar-refractivity contribution in [3.63, 3.8) is 0 Å². The molecule has 10 heteroatoms. The summed E-state index contributed by atoms with van der Waals surface area (Å²) in [6.07, 6.45) is 0.